The number of hydrogen-bond donors (Lipinski definition) is 1. The third kappa shape index (κ3) is 2.76. The fourth-order valence-corrected chi connectivity index (χ4v) is 2.90. The summed E-state index contributed by atoms with van der Waals surface area (Å²) in [6.07, 6.45) is 0. The summed E-state index contributed by atoms with van der Waals surface area (Å²) in [5.41, 5.74) is 1.82. The number of methoxy groups -OCH3 is 3. The SMILES string of the molecule is C=C1C(=O)N(c2cc(OC)cc(OC)c2)C1c1ccc(OC)c(O)c1. The Bertz CT molecular complexity index is 823. The molecule has 0 saturated carbocycles. The molecule has 6 heteroatoms. The van der Waals surface area contributed by atoms with Crippen molar-refractivity contribution in [2.45, 2.75) is 6.04 Å². The highest BCUT2D eigenvalue weighted by Crippen LogP contribution is 2.45. The summed E-state index contributed by atoms with van der Waals surface area (Å²) in [4.78, 5) is 14.0. The van der Waals surface area contributed by atoms with Crippen LogP contribution in [0.15, 0.2) is 48.6 Å². The second-order valence-electron chi connectivity index (χ2n) is 5.61. The Labute approximate surface area is 145 Å². The Balaban J connectivity index is 2.02. The highest BCUT2D eigenvalue weighted by molar-refractivity contribution is 6.15. The van der Waals surface area contributed by atoms with E-state index in [1.54, 1.807) is 55.5 Å². The molecule has 3 rings (SSSR count). The van der Waals surface area contributed by atoms with Crippen LogP contribution in [0.1, 0.15) is 11.6 Å². The summed E-state index contributed by atoms with van der Waals surface area (Å²) >= 11 is 0. The summed E-state index contributed by atoms with van der Waals surface area (Å²) in [6, 6.07) is 9.90. The van der Waals surface area contributed by atoms with Gasteiger partial charge in [-0.15, -0.1) is 0 Å². The second kappa shape index (κ2) is 6.39. The Kier molecular flexibility index (Phi) is 4.27. The minimum absolute atomic E-state index is 0.00956. The molecule has 1 N–H and O–H groups in total. The van der Waals surface area contributed by atoms with Crippen molar-refractivity contribution in [3.8, 4) is 23.0 Å². The van der Waals surface area contributed by atoms with Gasteiger partial charge in [-0.3, -0.25) is 9.69 Å². The van der Waals surface area contributed by atoms with E-state index in [4.69, 9.17) is 14.2 Å². The molecule has 1 aliphatic heterocycles. The van der Waals surface area contributed by atoms with E-state index in [9.17, 15) is 9.90 Å². The van der Waals surface area contributed by atoms with Gasteiger partial charge in [0.1, 0.15) is 11.5 Å². The fraction of sp³-hybridized carbons (Fsp3) is 0.211. The number of carbonyl (C=O) groups excluding carboxylic acids is 1. The Morgan fingerprint density at radius 1 is 1.00 bits per heavy atom. The molecule has 1 heterocycles. The third-order valence-corrected chi connectivity index (χ3v) is 4.21. The second-order valence-corrected chi connectivity index (χ2v) is 5.61. The molecule has 0 radical (unpaired) electrons. The molecule has 0 aromatic heterocycles. The number of amides is 1. The van der Waals surface area contributed by atoms with Crippen molar-refractivity contribution < 1.29 is 24.1 Å². The molecule has 2 aromatic rings. The van der Waals surface area contributed by atoms with Crippen molar-refractivity contribution in [1.29, 1.82) is 0 Å². The van der Waals surface area contributed by atoms with Crippen LogP contribution in [0.5, 0.6) is 23.0 Å². The van der Waals surface area contributed by atoms with Gasteiger partial charge in [0.05, 0.1) is 33.1 Å². The van der Waals surface area contributed by atoms with Crippen molar-refractivity contribution in [1.82, 2.24) is 0 Å². The summed E-state index contributed by atoms with van der Waals surface area (Å²) in [6.45, 7) is 3.87. The van der Waals surface area contributed by atoms with Gasteiger partial charge >= 0.3 is 0 Å². The Morgan fingerprint density at radius 3 is 2.16 bits per heavy atom. The standard InChI is InChI=1S/C19H19NO5/c1-11-18(12-5-6-17(25-4)16(21)7-12)20(19(11)22)13-8-14(23-2)10-15(9-13)24-3/h5-10,18,21H,1H2,2-4H3. The number of phenols is 1. The van der Waals surface area contributed by atoms with Crippen LogP contribution < -0.4 is 19.1 Å². The van der Waals surface area contributed by atoms with Crippen molar-refractivity contribution in [3.63, 3.8) is 0 Å². The zero-order valence-corrected chi connectivity index (χ0v) is 14.3. The maximum absolute atomic E-state index is 12.4. The topological polar surface area (TPSA) is 68.2 Å². The zero-order chi connectivity index (χ0) is 18.1. The summed E-state index contributed by atoms with van der Waals surface area (Å²) < 4.78 is 15.6. The van der Waals surface area contributed by atoms with E-state index in [1.165, 1.54) is 7.11 Å². The van der Waals surface area contributed by atoms with E-state index in [2.05, 4.69) is 6.58 Å². The molecule has 1 aliphatic rings. The minimum Gasteiger partial charge on any atom is -0.504 e. The van der Waals surface area contributed by atoms with Crippen molar-refractivity contribution in [3.05, 3.63) is 54.1 Å². The van der Waals surface area contributed by atoms with Gasteiger partial charge in [-0.25, -0.2) is 0 Å². The van der Waals surface area contributed by atoms with Crippen LogP contribution in [-0.4, -0.2) is 32.3 Å². The number of carbonyl (C=O) groups is 1. The first-order chi connectivity index (χ1) is 12.0. The molecule has 1 saturated heterocycles. The van der Waals surface area contributed by atoms with Crippen molar-refractivity contribution >= 4 is 11.6 Å². The summed E-state index contributed by atoms with van der Waals surface area (Å²) in [5, 5.41) is 10.0. The van der Waals surface area contributed by atoms with Crippen molar-refractivity contribution in [2.75, 3.05) is 26.2 Å². The lowest BCUT2D eigenvalue weighted by molar-refractivity contribution is -0.118. The number of anilines is 1. The molecule has 0 aliphatic carbocycles. The summed E-state index contributed by atoms with van der Waals surface area (Å²) in [5.74, 6) is 1.35. The number of β-lactam (4-membered cyclic amide) rings is 1. The largest absolute Gasteiger partial charge is 0.504 e. The average molecular weight is 341 g/mol. The number of rotatable bonds is 5. The van der Waals surface area contributed by atoms with Crippen LogP contribution in [0.25, 0.3) is 0 Å². The molecular weight excluding hydrogens is 322 g/mol. The molecular formula is C19H19NO5. The Hall–Kier alpha value is -3.15. The molecule has 2 aromatic carbocycles. The zero-order valence-electron chi connectivity index (χ0n) is 14.3. The molecule has 1 unspecified atom stereocenters. The van der Waals surface area contributed by atoms with Gasteiger partial charge in [0.15, 0.2) is 11.5 Å². The van der Waals surface area contributed by atoms with Crippen molar-refractivity contribution in [2.24, 2.45) is 0 Å². The van der Waals surface area contributed by atoms with Crippen LogP contribution in [-0.2, 0) is 4.79 Å². The average Bonchev–Trinajstić information content (AvgIpc) is 2.64. The first-order valence-electron chi connectivity index (χ1n) is 7.62. The first-order valence-corrected chi connectivity index (χ1v) is 7.62. The van der Waals surface area contributed by atoms with Crippen LogP contribution in [0, 0.1) is 0 Å². The van der Waals surface area contributed by atoms with Gasteiger partial charge in [-0.2, -0.15) is 0 Å². The number of ether oxygens (including phenoxy) is 3. The predicted octanol–water partition coefficient (Wildman–Crippen LogP) is 3.06. The highest BCUT2D eigenvalue weighted by atomic mass is 16.5. The molecule has 130 valence electrons. The van der Waals surface area contributed by atoms with E-state index in [1.807, 2.05) is 0 Å². The van der Waals surface area contributed by atoms with E-state index >= 15 is 0 Å². The van der Waals surface area contributed by atoms with E-state index in [-0.39, 0.29) is 17.7 Å². The highest BCUT2D eigenvalue weighted by Gasteiger charge is 2.43. The van der Waals surface area contributed by atoms with Crippen LogP contribution >= 0.6 is 0 Å². The lowest BCUT2D eigenvalue weighted by Gasteiger charge is -2.42. The van der Waals surface area contributed by atoms with Crippen LogP contribution in [0.3, 0.4) is 0 Å². The fourth-order valence-electron chi connectivity index (χ4n) is 2.90. The lowest BCUT2D eigenvalue weighted by atomic mass is 9.88. The molecule has 1 atom stereocenters. The van der Waals surface area contributed by atoms with E-state index in [0.717, 1.165) is 5.56 Å². The molecule has 1 fully saturated rings. The molecule has 6 nitrogen and oxygen atoms in total. The predicted molar refractivity (Wildman–Crippen MR) is 93.6 cm³/mol. The van der Waals surface area contributed by atoms with E-state index < -0.39 is 0 Å². The monoisotopic (exact) mass is 341 g/mol. The van der Waals surface area contributed by atoms with E-state index in [0.29, 0.717) is 28.5 Å². The van der Waals surface area contributed by atoms with Gasteiger partial charge in [0.25, 0.3) is 5.91 Å². The minimum atomic E-state index is -0.374. The molecule has 25 heavy (non-hydrogen) atoms. The number of hydrogen-bond acceptors (Lipinski definition) is 5. The smallest absolute Gasteiger partial charge is 0.256 e. The number of benzene rings is 2. The normalized spacial score (nSPS) is 16.4. The maximum Gasteiger partial charge on any atom is 0.256 e. The first kappa shape index (κ1) is 16.7. The Morgan fingerprint density at radius 2 is 1.64 bits per heavy atom. The quantitative estimate of drug-likeness (QED) is 0.669. The maximum atomic E-state index is 12.4. The molecule has 0 spiro atoms. The third-order valence-electron chi connectivity index (χ3n) is 4.21. The number of phenolic OH excluding ortho intramolecular Hbond substituents is 1. The van der Waals surface area contributed by atoms with Gasteiger partial charge < -0.3 is 19.3 Å². The van der Waals surface area contributed by atoms with Gasteiger partial charge in [-0.05, 0) is 17.7 Å². The van der Waals surface area contributed by atoms with Gasteiger partial charge in [0, 0.05) is 23.8 Å². The number of nitrogens with zero attached hydrogens (tertiary/aromatic N) is 1. The van der Waals surface area contributed by atoms with Crippen LogP contribution in [0.2, 0.25) is 0 Å². The molecule has 0 bridgehead atoms. The summed E-state index contributed by atoms with van der Waals surface area (Å²) in [7, 11) is 4.58. The van der Waals surface area contributed by atoms with Gasteiger partial charge in [-0.1, -0.05) is 12.6 Å². The van der Waals surface area contributed by atoms with Crippen LogP contribution in [0.4, 0.5) is 5.69 Å². The van der Waals surface area contributed by atoms with Gasteiger partial charge in [0.2, 0.25) is 0 Å². The number of aromatic hydroxyl groups is 1. The molecule has 1 amide bonds. The lowest BCUT2D eigenvalue weighted by Crippen LogP contribution is -2.48.